The quantitative estimate of drug-likeness (QED) is 0.885. The van der Waals surface area contributed by atoms with Gasteiger partial charge in [0, 0.05) is 42.7 Å². The Labute approximate surface area is 148 Å². The van der Waals surface area contributed by atoms with Crippen molar-refractivity contribution in [2.45, 2.75) is 31.9 Å². The Balaban J connectivity index is 1.51. The fourth-order valence-electron chi connectivity index (χ4n) is 4.49. The number of fused-ring (bicyclic) bond motifs is 1. The van der Waals surface area contributed by atoms with Gasteiger partial charge >= 0.3 is 0 Å². The SMILES string of the molecule is CN1CC[C@H](O)[C@@]2(CCCN(Cc3cc4c(cc3Cl)OCO4)C2)C1. The Kier molecular flexibility index (Phi) is 4.37. The number of aliphatic hydroxyl groups is 1. The number of piperidine rings is 2. The minimum absolute atomic E-state index is 0.00589. The van der Waals surface area contributed by atoms with Crippen molar-refractivity contribution in [3.8, 4) is 11.5 Å². The Morgan fingerprint density at radius 2 is 2.04 bits per heavy atom. The molecular formula is C18H25ClN2O3. The zero-order valence-electron chi connectivity index (χ0n) is 14.1. The number of benzene rings is 1. The van der Waals surface area contributed by atoms with Gasteiger partial charge in [0.25, 0.3) is 0 Å². The largest absolute Gasteiger partial charge is 0.454 e. The van der Waals surface area contributed by atoms with E-state index in [-0.39, 0.29) is 18.3 Å². The molecule has 0 amide bonds. The van der Waals surface area contributed by atoms with Gasteiger partial charge in [0.15, 0.2) is 11.5 Å². The zero-order valence-corrected chi connectivity index (χ0v) is 14.9. The van der Waals surface area contributed by atoms with Gasteiger partial charge in [-0.2, -0.15) is 0 Å². The lowest BCUT2D eigenvalue weighted by Gasteiger charge is -2.50. The Morgan fingerprint density at radius 1 is 1.25 bits per heavy atom. The fourth-order valence-corrected chi connectivity index (χ4v) is 4.70. The summed E-state index contributed by atoms with van der Waals surface area (Å²) in [7, 11) is 2.15. The van der Waals surface area contributed by atoms with Crippen molar-refractivity contribution in [2.75, 3.05) is 40.0 Å². The molecule has 2 saturated heterocycles. The van der Waals surface area contributed by atoms with Crippen molar-refractivity contribution in [1.29, 1.82) is 0 Å². The van der Waals surface area contributed by atoms with Gasteiger partial charge in [-0.25, -0.2) is 0 Å². The monoisotopic (exact) mass is 352 g/mol. The van der Waals surface area contributed by atoms with E-state index in [0.29, 0.717) is 0 Å². The van der Waals surface area contributed by atoms with Crippen LogP contribution in [0.25, 0.3) is 0 Å². The number of rotatable bonds is 2. The van der Waals surface area contributed by atoms with E-state index in [2.05, 4.69) is 16.8 Å². The van der Waals surface area contributed by atoms with Crippen LogP contribution in [0.4, 0.5) is 0 Å². The van der Waals surface area contributed by atoms with Gasteiger partial charge in [-0.05, 0) is 44.5 Å². The molecule has 2 fully saturated rings. The second-order valence-corrected chi connectivity index (χ2v) is 7.92. The lowest BCUT2D eigenvalue weighted by molar-refractivity contribution is -0.0807. The van der Waals surface area contributed by atoms with Crippen LogP contribution in [0, 0.1) is 5.41 Å². The molecule has 5 nitrogen and oxygen atoms in total. The molecule has 0 unspecified atom stereocenters. The van der Waals surface area contributed by atoms with E-state index in [9.17, 15) is 5.11 Å². The van der Waals surface area contributed by atoms with Crippen molar-refractivity contribution in [3.05, 3.63) is 22.7 Å². The average Bonchev–Trinajstić information content (AvgIpc) is 2.99. The van der Waals surface area contributed by atoms with Crippen LogP contribution in [0.5, 0.6) is 11.5 Å². The third-order valence-electron chi connectivity index (χ3n) is 5.70. The summed E-state index contributed by atoms with van der Waals surface area (Å²) in [5, 5.41) is 11.4. The maximum atomic E-state index is 10.7. The number of nitrogens with zero attached hydrogens (tertiary/aromatic N) is 2. The van der Waals surface area contributed by atoms with Gasteiger partial charge in [-0.3, -0.25) is 4.90 Å². The molecule has 132 valence electrons. The molecule has 0 aliphatic carbocycles. The van der Waals surface area contributed by atoms with Crippen molar-refractivity contribution < 1.29 is 14.6 Å². The van der Waals surface area contributed by atoms with Crippen molar-refractivity contribution in [3.63, 3.8) is 0 Å². The number of hydrogen-bond acceptors (Lipinski definition) is 5. The van der Waals surface area contributed by atoms with Crippen LogP contribution in [-0.4, -0.2) is 61.0 Å². The molecule has 3 aliphatic rings. The van der Waals surface area contributed by atoms with Gasteiger partial charge < -0.3 is 19.5 Å². The molecule has 1 aromatic carbocycles. The van der Waals surface area contributed by atoms with E-state index in [4.69, 9.17) is 21.1 Å². The summed E-state index contributed by atoms with van der Waals surface area (Å²) in [4.78, 5) is 4.78. The highest BCUT2D eigenvalue weighted by atomic mass is 35.5. The predicted molar refractivity (Wildman–Crippen MR) is 92.6 cm³/mol. The van der Waals surface area contributed by atoms with Crippen molar-refractivity contribution in [2.24, 2.45) is 5.41 Å². The molecule has 4 rings (SSSR count). The predicted octanol–water partition coefficient (Wildman–Crippen LogP) is 2.35. The van der Waals surface area contributed by atoms with E-state index in [0.717, 1.165) is 74.1 Å². The lowest BCUT2D eigenvalue weighted by Crippen LogP contribution is -2.58. The van der Waals surface area contributed by atoms with Gasteiger partial charge in [0.05, 0.1) is 6.10 Å². The molecule has 0 bridgehead atoms. The smallest absolute Gasteiger partial charge is 0.231 e. The van der Waals surface area contributed by atoms with Gasteiger partial charge in [-0.1, -0.05) is 11.6 Å². The number of hydrogen-bond donors (Lipinski definition) is 1. The third-order valence-corrected chi connectivity index (χ3v) is 6.05. The van der Waals surface area contributed by atoms with Crippen LogP contribution < -0.4 is 9.47 Å². The van der Waals surface area contributed by atoms with Gasteiger partial charge in [-0.15, -0.1) is 0 Å². The number of likely N-dealkylation sites (tertiary alicyclic amines) is 2. The molecule has 2 atom stereocenters. The minimum atomic E-state index is -0.205. The molecule has 1 aromatic rings. The first-order valence-corrected chi connectivity index (χ1v) is 9.10. The second-order valence-electron chi connectivity index (χ2n) is 7.52. The van der Waals surface area contributed by atoms with Crippen LogP contribution in [-0.2, 0) is 6.54 Å². The summed E-state index contributed by atoms with van der Waals surface area (Å²) in [6.45, 7) is 4.97. The molecule has 1 spiro atoms. The summed E-state index contributed by atoms with van der Waals surface area (Å²) < 4.78 is 10.9. The van der Waals surface area contributed by atoms with E-state index in [1.165, 1.54) is 0 Å². The lowest BCUT2D eigenvalue weighted by atomic mass is 9.71. The highest BCUT2D eigenvalue weighted by molar-refractivity contribution is 6.31. The molecule has 6 heteroatoms. The summed E-state index contributed by atoms with van der Waals surface area (Å²) in [5.41, 5.74) is 1.06. The van der Waals surface area contributed by atoms with Gasteiger partial charge in [0.2, 0.25) is 6.79 Å². The Bertz CT molecular complexity index is 627. The number of ether oxygens (including phenoxy) is 2. The average molecular weight is 353 g/mol. The first kappa shape index (κ1) is 16.5. The van der Waals surface area contributed by atoms with Crippen molar-refractivity contribution >= 4 is 11.6 Å². The molecule has 0 saturated carbocycles. The molecule has 24 heavy (non-hydrogen) atoms. The van der Waals surface area contributed by atoms with Crippen molar-refractivity contribution in [1.82, 2.24) is 9.80 Å². The molecule has 0 radical (unpaired) electrons. The summed E-state index contributed by atoms with van der Waals surface area (Å²) >= 11 is 6.44. The van der Waals surface area contributed by atoms with E-state index < -0.39 is 0 Å². The maximum absolute atomic E-state index is 10.7. The van der Waals surface area contributed by atoms with Crippen LogP contribution in [0.15, 0.2) is 12.1 Å². The molecule has 3 heterocycles. The molecule has 3 aliphatic heterocycles. The molecule has 0 aromatic heterocycles. The molecule has 1 N–H and O–H groups in total. The maximum Gasteiger partial charge on any atom is 0.231 e. The first-order chi connectivity index (χ1) is 11.6. The topological polar surface area (TPSA) is 45.2 Å². The van der Waals surface area contributed by atoms with Gasteiger partial charge in [0.1, 0.15) is 0 Å². The standard InChI is InChI=1S/C18H25ClN2O3/c1-20-6-3-17(22)18(10-20)4-2-5-21(11-18)9-13-7-15-16(8-14(13)19)24-12-23-15/h7-8,17,22H,2-6,9-12H2,1H3/t17-,18-/m0/s1. The Morgan fingerprint density at radius 3 is 2.88 bits per heavy atom. The molecular weight excluding hydrogens is 328 g/mol. The van der Waals surface area contributed by atoms with E-state index in [1.807, 2.05) is 12.1 Å². The summed E-state index contributed by atoms with van der Waals surface area (Å²) in [6.07, 6.45) is 2.88. The van der Waals surface area contributed by atoms with Crippen LogP contribution in [0.2, 0.25) is 5.02 Å². The normalized spacial score (nSPS) is 30.9. The summed E-state index contributed by atoms with van der Waals surface area (Å²) in [6, 6.07) is 3.84. The zero-order chi connectivity index (χ0) is 16.7. The third kappa shape index (κ3) is 2.99. The minimum Gasteiger partial charge on any atom is -0.454 e. The highest BCUT2D eigenvalue weighted by Gasteiger charge is 2.44. The first-order valence-electron chi connectivity index (χ1n) is 8.73. The second kappa shape index (κ2) is 6.37. The highest BCUT2D eigenvalue weighted by Crippen LogP contribution is 2.41. The fraction of sp³-hybridized carbons (Fsp3) is 0.667. The summed E-state index contributed by atoms with van der Waals surface area (Å²) in [5.74, 6) is 1.50. The van der Waals surface area contributed by atoms with Crippen LogP contribution in [0.3, 0.4) is 0 Å². The van der Waals surface area contributed by atoms with Crippen LogP contribution >= 0.6 is 11.6 Å². The van der Waals surface area contributed by atoms with E-state index >= 15 is 0 Å². The number of aliphatic hydroxyl groups excluding tert-OH is 1. The van der Waals surface area contributed by atoms with Crippen LogP contribution in [0.1, 0.15) is 24.8 Å². The Hall–Kier alpha value is -1.01. The number of halogens is 1. The van der Waals surface area contributed by atoms with E-state index in [1.54, 1.807) is 0 Å².